The van der Waals surface area contributed by atoms with Gasteiger partial charge in [0.05, 0.1) is 12.1 Å². The second-order valence-corrected chi connectivity index (χ2v) is 16.0. The lowest BCUT2D eigenvalue weighted by atomic mass is 10.0. The zero-order valence-electron chi connectivity index (χ0n) is 30.2. The van der Waals surface area contributed by atoms with Crippen molar-refractivity contribution in [2.45, 2.75) is 90.5 Å². The van der Waals surface area contributed by atoms with Gasteiger partial charge in [-0.3, -0.25) is 14.5 Å². The van der Waals surface area contributed by atoms with Crippen LogP contribution in [0, 0.1) is 0 Å². The van der Waals surface area contributed by atoms with Crippen molar-refractivity contribution in [3.05, 3.63) is 75.3 Å². The average Bonchev–Trinajstić information content (AvgIpc) is 3.09. The molecule has 1 saturated heterocycles. The second-order valence-electron chi connectivity index (χ2n) is 13.1. The number of thioether (sulfide) groups is 2. The van der Waals surface area contributed by atoms with Crippen LogP contribution in [0.5, 0.6) is 5.75 Å². The van der Waals surface area contributed by atoms with E-state index in [1.54, 1.807) is 64.5 Å². The molecule has 3 rings (SSSR count). The standard InChI is InChI=1S/C36H47IN4O8S2/c1-9-10-13-26(38)50-20-22(2)27(40-49-36(6,7)34(45)48-35(3,4)5)30(42)39-28-31(43)41-29(24(12-11-18-37)21-51-32(28)41)33(44)47-19-23-14-16-25(46-8)17-15-23/h11-17,20,28,32H,9-10,18-19,21,38H2,1-8H3,(H,39,42)/b12-11+,22-20+,26-13+,40-27-/t28-,32?/m1/s1. The summed E-state index contributed by atoms with van der Waals surface area (Å²) >= 11 is 4.82. The number of ether oxygens (including phenoxy) is 3. The topological polar surface area (TPSA) is 159 Å². The molecule has 0 radical (unpaired) electrons. The van der Waals surface area contributed by atoms with Crippen LogP contribution in [-0.2, 0) is 40.1 Å². The van der Waals surface area contributed by atoms with Crippen molar-refractivity contribution in [3.63, 3.8) is 0 Å². The number of esters is 2. The third-order valence-electron chi connectivity index (χ3n) is 7.27. The first-order valence-corrected chi connectivity index (χ1v) is 19.8. The number of carbonyl (C=O) groups is 4. The summed E-state index contributed by atoms with van der Waals surface area (Å²) in [7, 11) is 1.57. The number of nitrogens with zero attached hydrogens (tertiary/aromatic N) is 2. The number of unbranched alkanes of at least 4 members (excludes halogenated alkanes) is 1. The number of hydrogen-bond donors (Lipinski definition) is 2. The first kappa shape index (κ1) is 42.0. The Kier molecular flexibility index (Phi) is 15.5. The van der Waals surface area contributed by atoms with Crippen LogP contribution in [0.1, 0.15) is 66.9 Å². The van der Waals surface area contributed by atoms with Crippen LogP contribution in [0.4, 0.5) is 0 Å². The van der Waals surface area contributed by atoms with E-state index in [9.17, 15) is 19.2 Å². The Morgan fingerprint density at radius 1 is 1.18 bits per heavy atom. The number of benzene rings is 1. The van der Waals surface area contributed by atoms with E-state index in [1.165, 1.54) is 42.3 Å². The van der Waals surface area contributed by atoms with Gasteiger partial charge < -0.3 is 30.1 Å². The Morgan fingerprint density at radius 3 is 2.47 bits per heavy atom. The maximum absolute atomic E-state index is 13.8. The number of oxime groups is 1. The molecule has 0 aliphatic carbocycles. The summed E-state index contributed by atoms with van der Waals surface area (Å²) < 4.78 is 17.0. The normalized spacial score (nSPS) is 18.6. The molecular formula is C36H47IN4O8S2. The second kappa shape index (κ2) is 18.9. The Labute approximate surface area is 322 Å². The highest BCUT2D eigenvalue weighted by Gasteiger charge is 2.54. The number of amides is 2. The lowest BCUT2D eigenvalue weighted by Gasteiger charge is -2.49. The van der Waals surface area contributed by atoms with E-state index < -0.39 is 46.4 Å². The fraction of sp³-hybridized carbons (Fsp3) is 0.472. The van der Waals surface area contributed by atoms with Gasteiger partial charge in [-0.1, -0.05) is 83.2 Å². The third kappa shape index (κ3) is 11.8. The van der Waals surface area contributed by atoms with Crippen molar-refractivity contribution in [1.82, 2.24) is 10.2 Å². The summed E-state index contributed by atoms with van der Waals surface area (Å²) in [5.41, 5.74) is 5.58. The maximum atomic E-state index is 13.8. The number of carbonyl (C=O) groups excluding carboxylic acids is 4. The van der Waals surface area contributed by atoms with Crippen LogP contribution in [0.25, 0.3) is 0 Å². The minimum atomic E-state index is -1.54. The van der Waals surface area contributed by atoms with Crippen LogP contribution in [0.15, 0.2) is 74.9 Å². The first-order valence-electron chi connectivity index (χ1n) is 16.3. The molecule has 2 heterocycles. The van der Waals surface area contributed by atoms with Gasteiger partial charge in [-0.25, -0.2) is 9.59 Å². The number of alkyl halides is 1. The van der Waals surface area contributed by atoms with Crippen molar-refractivity contribution in [2.24, 2.45) is 10.9 Å². The van der Waals surface area contributed by atoms with Crippen molar-refractivity contribution >= 4 is 75.6 Å². The molecule has 0 saturated carbocycles. The number of fused-ring (bicyclic) bond motifs is 1. The van der Waals surface area contributed by atoms with E-state index in [4.69, 9.17) is 24.8 Å². The predicted molar refractivity (Wildman–Crippen MR) is 210 cm³/mol. The lowest BCUT2D eigenvalue weighted by Crippen LogP contribution is -2.71. The Morgan fingerprint density at radius 2 is 1.86 bits per heavy atom. The van der Waals surface area contributed by atoms with E-state index in [-0.39, 0.29) is 18.0 Å². The molecule has 1 aromatic rings. The minimum absolute atomic E-state index is 0.00313. The number of halogens is 1. The van der Waals surface area contributed by atoms with Gasteiger partial charge in [0.2, 0.25) is 5.60 Å². The molecule has 1 unspecified atom stereocenters. The number of hydrogen-bond acceptors (Lipinski definition) is 12. The smallest absolute Gasteiger partial charge is 0.355 e. The number of nitrogens with one attached hydrogen (secondary N) is 1. The van der Waals surface area contributed by atoms with Gasteiger partial charge in [-0.2, -0.15) is 0 Å². The Hall–Kier alpha value is -3.44. The van der Waals surface area contributed by atoms with Crippen LogP contribution >= 0.6 is 46.1 Å². The van der Waals surface area contributed by atoms with Gasteiger partial charge in [0.1, 0.15) is 35.1 Å². The fourth-order valence-corrected chi connectivity index (χ4v) is 6.74. The molecule has 1 aromatic carbocycles. The molecule has 15 heteroatoms. The van der Waals surface area contributed by atoms with Gasteiger partial charge in [0.25, 0.3) is 11.8 Å². The van der Waals surface area contributed by atoms with E-state index in [1.807, 2.05) is 25.2 Å². The van der Waals surface area contributed by atoms with Gasteiger partial charge in [-0.15, -0.1) is 11.8 Å². The summed E-state index contributed by atoms with van der Waals surface area (Å²) in [5.74, 6) is -1.42. The summed E-state index contributed by atoms with van der Waals surface area (Å²) in [6.07, 6.45) is 7.31. The van der Waals surface area contributed by atoms with Crippen molar-refractivity contribution in [2.75, 3.05) is 17.3 Å². The van der Waals surface area contributed by atoms with Crippen molar-refractivity contribution < 1.29 is 38.2 Å². The molecule has 2 atom stereocenters. The number of methoxy groups -OCH3 is 1. The van der Waals surface area contributed by atoms with E-state index in [0.717, 1.165) is 18.4 Å². The molecule has 0 bridgehead atoms. The Bertz CT molecular complexity index is 1610. The fourth-order valence-electron chi connectivity index (χ4n) is 4.53. The SMILES string of the molecule is CCC/C=C(\N)S/C=C(C)/C(=N/OC(C)(C)C(=O)OC(C)(C)C)C(=O)N[C@@H]1C(=O)N2C(C(=O)OCc3ccc(OC)cc3)=C(/C=C/CI)CSC12. The molecule has 0 spiro atoms. The highest BCUT2D eigenvalue weighted by Crippen LogP contribution is 2.41. The molecule has 2 aliphatic rings. The zero-order chi connectivity index (χ0) is 37.9. The van der Waals surface area contributed by atoms with E-state index in [2.05, 4.69) is 33.1 Å². The van der Waals surface area contributed by atoms with Crippen LogP contribution in [0.3, 0.4) is 0 Å². The van der Waals surface area contributed by atoms with Gasteiger partial charge in [-0.05, 0) is 82.2 Å². The molecule has 1 fully saturated rings. The molecule has 3 N–H and O–H groups in total. The number of nitrogens with two attached hydrogens (primary N) is 1. The van der Waals surface area contributed by atoms with Crippen LogP contribution in [-0.4, -0.2) is 74.3 Å². The molecule has 278 valence electrons. The average molecular weight is 855 g/mol. The Balaban J connectivity index is 1.86. The predicted octanol–water partition coefficient (Wildman–Crippen LogP) is 6.11. The monoisotopic (exact) mass is 854 g/mol. The molecular weight excluding hydrogens is 807 g/mol. The number of allylic oxidation sites excluding steroid dienone is 3. The third-order valence-corrected chi connectivity index (χ3v) is 9.99. The van der Waals surface area contributed by atoms with E-state index >= 15 is 0 Å². The lowest BCUT2D eigenvalue weighted by molar-refractivity contribution is -0.179. The summed E-state index contributed by atoms with van der Waals surface area (Å²) in [6, 6.07) is 6.15. The number of rotatable bonds is 16. The minimum Gasteiger partial charge on any atom is -0.497 e. The highest BCUT2D eigenvalue weighted by atomic mass is 127. The van der Waals surface area contributed by atoms with Crippen molar-refractivity contribution in [1.29, 1.82) is 0 Å². The largest absolute Gasteiger partial charge is 0.497 e. The molecule has 51 heavy (non-hydrogen) atoms. The maximum Gasteiger partial charge on any atom is 0.355 e. The summed E-state index contributed by atoms with van der Waals surface area (Å²) in [6.45, 7) is 11.8. The van der Waals surface area contributed by atoms with Gasteiger partial charge >= 0.3 is 11.9 Å². The molecule has 12 nitrogen and oxygen atoms in total. The molecule has 0 aromatic heterocycles. The van der Waals surface area contributed by atoms with Crippen molar-refractivity contribution in [3.8, 4) is 5.75 Å². The van der Waals surface area contributed by atoms with Crippen LogP contribution < -0.4 is 15.8 Å². The van der Waals surface area contributed by atoms with Crippen LogP contribution in [0.2, 0.25) is 0 Å². The zero-order valence-corrected chi connectivity index (χ0v) is 34.0. The quantitative estimate of drug-likeness (QED) is 0.0494. The summed E-state index contributed by atoms with van der Waals surface area (Å²) in [4.78, 5) is 60.9. The number of β-lactam (4-membered cyclic amide) rings is 1. The molecule has 2 amide bonds. The van der Waals surface area contributed by atoms with Gasteiger partial charge in [0, 0.05) is 10.2 Å². The first-order chi connectivity index (χ1) is 24.0. The van der Waals surface area contributed by atoms with E-state index in [0.29, 0.717) is 32.1 Å². The summed E-state index contributed by atoms with van der Waals surface area (Å²) in [5, 5.41) is 8.51. The highest BCUT2D eigenvalue weighted by molar-refractivity contribution is 14.1. The molecule has 2 aliphatic heterocycles. The van der Waals surface area contributed by atoms with Gasteiger partial charge in [0.15, 0.2) is 5.71 Å².